The number of nitrogens with zero attached hydrogens (tertiary/aromatic N) is 3. The largest absolute Gasteiger partial charge is 0.382 e. The lowest BCUT2D eigenvalue weighted by atomic mass is 10.4. The molecule has 0 bridgehead atoms. The van der Waals surface area contributed by atoms with E-state index >= 15 is 0 Å². The zero-order valence-electron chi connectivity index (χ0n) is 7.81. The van der Waals surface area contributed by atoms with Gasteiger partial charge in [-0.05, 0) is 12.1 Å². The summed E-state index contributed by atoms with van der Waals surface area (Å²) in [5.41, 5.74) is 6.44. The van der Waals surface area contributed by atoms with Crippen LogP contribution in [0, 0.1) is 0 Å². The fourth-order valence-electron chi connectivity index (χ4n) is 1.14. The van der Waals surface area contributed by atoms with E-state index in [0.717, 1.165) is 11.5 Å². The van der Waals surface area contributed by atoms with Gasteiger partial charge < -0.3 is 11.1 Å². The summed E-state index contributed by atoms with van der Waals surface area (Å²) in [6.45, 7) is 0. The fraction of sp³-hybridized carbons (Fsp3) is 0.111. The Morgan fingerprint density at radius 2 is 2.29 bits per heavy atom. The van der Waals surface area contributed by atoms with E-state index in [2.05, 4.69) is 15.4 Å². The molecule has 2 heterocycles. The highest BCUT2D eigenvalue weighted by Crippen LogP contribution is 2.18. The Morgan fingerprint density at radius 3 is 2.93 bits per heavy atom. The lowest BCUT2D eigenvalue weighted by molar-refractivity contribution is 0.771. The first-order chi connectivity index (χ1) is 6.75. The number of aromatic nitrogens is 3. The third-order valence-corrected chi connectivity index (χ3v) is 1.81. The number of pyridine rings is 1. The molecule has 0 saturated heterocycles. The van der Waals surface area contributed by atoms with E-state index in [4.69, 9.17) is 5.73 Å². The number of aryl methyl sites for hydroxylation is 1. The third kappa shape index (κ3) is 1.66. The molecule has 0 saturated carbocycles. The molecule has 2 aromatic heterocycles. The van der Waals surface area contributed by atoms with E-state index in [0.29, 0.717) is 5.82 Å². The molecule has 0 spiro atoms. The predicted molar refractivity (Wildman–Crippen MR) is 55.1 cm³/mol. The summed E-state index contributed by atoms with van der Waals surface area (Å²) in [7, 11) is 1.86. The maximum atomic E-state index is 5.67. The molecule has 2 aromatic rings. The Morgan fingerprint density at radius 1 is 1.43 bits per heavy atom. The fourth-order valence-corrected chi connectivity index (χ4v) is 1.14. The van der Waals surface area contributed by atoms with Gasteiger partial charge in [0.25, 0.3) is 0 Å². The number of nitrogens with one attached hydrogen (secondary N) is 1. The lowest BCUT2D eigenvalue weighted by Crippen LogP contribution is -1.99. The second kappa shape index (κ2) is 3.37. The van der Waals surface area contributed by atoms with Crippen LogP contribution >= 0.6 is 0 Å². The lowest BCUT2D eigenvalue weighted by Gasteiger charge is -2.04. The second-order valence-electron chi connectivity index (χ2n) is 2.94. The monoisotopic (exact) mass is 189 g/mol. The number of nitrogens with two attached hydrogens (primary N) is 1. The average Bonchev–Trinajstić information content (AvgIpc) is 2.56. The smallest absolute Gasteiger partial charge is 0.152 e. The summed E-state index contributed by atoms with van der Waals surface area (Å²) in [6, 6.07) is 5.55. The SMILES string of the molecule is Cn1ccc(Nc2cccnc2N)n1. The van der Waals surface area contributed by atoms with Crippen molar-refractivity contribution in [3.8, 4) is 0 Å². The minimum Gasteiger partial charge on any atom is -0.382 e. The first kappa shape index (κ1) is 8.55. The molecular formula is C9H11N5. The maximum Gasteiger partial charge on any atom is 0.152 e. The van der Waals surface area contributed by atoms with Gasteiger partial charge in [0.2, 0.25) is 0 Å². The predicted octanol–water partition coefficient (Wildman–Crippen LogP) is 1.14. The van der Waals surface area contributed by atoms with Gasteiger partial charge in [-0.15, -0.1) is 0 Å². The zero-order chi connectivity index (χ0) is 9.97. The van der Waals surface area contributed by atoms with E-state index in [-0.39, 0.29) is 0 Å². The van der Waals surface area contributed by atoms with Crippen molar-refractivity contribution in [1.29, 1.82) is 0 Å². The van der Waals surface area contributed by atoms with Crippen molar-refractivity contribution in [2.45, 2.75) is 0 Å². The summed E-state index contributed by atoms with van der Waals surface area (Å²) < 4.78 is 1.72. The topological polar surface area (TPSA) is 68.8 Å². The normalized spacial score (nSPS) is 10.1. The third-order valence-electron chi connectivity index (χ3n) is 1.81. The van der Waals surface area contributed by atoms with Gasteiger partial charge >= 0.3 is 0 Å². The molecule has 0 unspecified atom stereocenters. The average molecular weight is 189 g/mol. The van der Waals surface area contributed by atoms with Gasteiger partial charge in [-0.3, -0.25) is 4.68 Å². The Bertz CT molecular complexity index is 434. The van der Waals surface area contributed by atoms with Crippen molar-refractivity contribution in [3.05, 3.63) is 30.6 Å². The molecule has 0 fully saturated rings. The van der Waals surface area contributed by atoms with Crippen LogP contribution in [0.3, 0.4) is 0 Å². The van der Waals surface area contributed by atoms with Crippen molar-refractivity contribution in [1.82, 2.24) is 14.8 Å². The van der Waals surface area contributed by atoms with Crippen LogP contribution in [0.4, 0.5) is 17.3 Å². The number of hydrogen-bond acceptors (Lipinski definition) is 4. The van der Waals surface area contributed by atoms with E-state index in [9.17, 15) is 0 Å². The Hall–Kier alpha value is -2.04. The van der Waals surface area contributed by atoms with Crippen LogP contribution in [0.5, 0.6) is 0 Å². The van der Waals surface area contributed by atoms with Crippen LogP contribution in [-0.2, 0) is 7.05 Å². The molecule has 72 valence electrons. The zero-order valence-corrected chi connectivity index (χ0v) is 7.81. The minimum atomic E-state index is 0.471. The molecule has 0 radical (unpaired) electrons. The molecular weight excluding hydrogens is 178 g/mol. The van der Waals surface area contributed by atoms with Gasteiger partial charge in [0.05, 0.1) is 5.69 Å². The first-order valence-electron chi connectivity index (χ1n) is 4.23. The molecule has 0 aliphatic rings. The highest BCUT2D eigenvalue weighted by Gasteiger charge is 2.00. The number of rotatable bonds is 2. The van der Waals surface area contributed by atoms with Crippen molar-refractivity contribution in [2.75, 3.05) is 11.1 Å². The van der Waals surface area contributed by atoms with Gasteiger partial charge in [0, 0.05) is 25.5 Å². The first-order valence-corrected chi connectivity index (χ1v) is 4.23. The summed E-state index contributed by atoms with van der Waals surface area (Å²) >= 11 is 0. The number of nitrogen functional groups attached to an aromatic ring is 1. The molecule has 0 aliphatic heterocycles. The molecule has 0 atom stereocenters. The van der Waals surface area contributed by atoms with Crippen LogP contribution < -0.4 is 11.1 Å². The number of anilines is 3. The van der Waals surface area contributed by atoms with Gasteiger partial charge in [-0.1, -0.05) is 0 Å². The van der Waals surface area contributed by atoms with Crippen LogP contribution in [0.15, 0.2) is 30.6 Å². The van der Waals surface area contributed by atoms with Crippen LogP contribution in [0.25, 0.3) is 0 Å². The quantitative estimate of drug-likeness (QED) is 0.743. The van der Waals surface area contributed by atoms with Gasteiger partial charge in [0.15, 0.2) is 5.82 Å². The van der Waals surface area contributed by atoms with Crippen LogP contribution in [0.1, 0.15) is 0 Å². The van der Waals surface area contributed by atoms with Gasteiger partial charge in [-0.25, -0.2) is 4.98 Å². The molecule has 14 heavy (non-hydrogen) atoms. The van der Waals surface area contributed by atoms with Crippen LogP contribution in [-0.4, -0.2) is 14.8 Å². The Labute approximate surface area is 81.6 Å². The van der Waals surface area contributed by atoms with Gasteiger partial charge in [-0.2, -0.15) is 5.10 Å². The standard InChI is InChI=1S/C9H11N5/c1-14-6-4-8(13-14)12-7-3-2-5-11-9(7)10/h2-6H,1H3,(H2,10,11)(H,12,13). The van der Waals surface area contributed by atoms with E-state index in [1.165, 1.54) is 0 Å². The van der Waals surface area contributed by atoms with Crippen molar-refractivity contribution >= 4 is 17.3 Å². The highest BCUT2D eigenvalue weighted by molar-refractivity contribution is 5.67. The second-order valence-corrected chi connectivity index (χ2v) is 2.94. The summed E-state index contributed by atoms with van der Waals surface area (Å²) in [5, 5.41) is 7.24. The van der Waals surface area contributed by atoms with Crippen molar-refractivity contribution in [3.63, 3.8) is 0 Å². The molecule has 5 nitrogen and oxygen atoms in total. The summed E-state index contributed by atoms with van der Waals surface area (Å²) in [6.07, 6.45) is 3.51. The Balaban J connectivity index is 2.23. The molecule has 0 amide bonds. The summed E-state index contributed by atoms with van der Waals surface area (Å²) in [5.74, 6) is 1.23. The van der Waals surface area contributed by atoms with E-state index in [1.807, 2.05) is 31.4 Å². The van der Waals surface area contributed by atoms with Gasteiger partial charge in [0.1, 0.15) is 5.82 Å². The molecule has 0 aliphatic carbocycles. The molecule has 2 rings (SSSR count). The molecule has 3 N–H and O–H groups in total. The Kier molecular flexibility index (Phi) is 2.06. The molecule has 0 aromatic carbocycles. The molecule has 5 heteroatoms. The minimum absolute atomic E-state index is 0.471. The maximum absolute atomic E-state index is 5.67. The highest BCUT2D eigenvalue weighted by atomic mass is 15.3. The van der Waals surface area contributed by atoms with E-state index < -0.39 is 0 Å². The van der Waals surface area contributed by atoms with Crippen molar-refractivity contribution in [2.24, 2.45) is 7.05 Å². The number of hydrogen-bond donors (Lipinski definition) is 2. The van der Waals surface area contributed by atoms with Crippen LogP contribution in [0.2, 0.25) is 0 Å². The van der Waals surface area contributed by atoms with E-state index in [1.54, 1.807) is 10.9 Å². The summed E-state index contributed by atoms with van der Waals surface area (Å²) in [4.78, 5) is 3.96. The van der Waals surface area contributed by atoms with Crippen molar-refractivity contribution < 1.29 is 0 Å².